The number of nitrogens with one attached hydrogen (secondary N) is 1. The SMILES string of the molecule is CC(Cc1ccccc1F)Nc1cnccc1Cl. The van der Waals surface area contributed by atoms with Crippen LogP contribution in [0.3, 0.4) is 0 Å². The Kier molecular flexibility index (Phi) is 4.15. The summed E-state index contributed by atoms with van der Waals surface area (Å²) in [7, 11) is 0. The number of halogens is 2. The number of nitrogens with zero attached hydrogens (tertiary/aromatic N) is 1. The summed E-state index contributed by atoms with van der Waals surface area (Å²) in [5.41, 5.74) is 1.46. The van der Waals surface area contributed by atoms with Gasteiger partial charge in [-0.3, -0.25) is 4.98 Å². The zero-order valence-electron chi connectivity index (χ0n) is 10.0. The molecule has 0 aliphatic heterocycles. The van der Waals surface area contributed by atoms with Gasteiger partial charge in [0.25, 0.3) is 0 Å². The molecule has 0 aliphatic carbocycles. The normalized spacial score (nSPS) is 12.2. The minimum atomic E-state index is -0.177. The van der Waals surface area contributed by atoms with Crippen LogP contribution in [-0.2, 0) is 6.42 Å². The van der Waals surface area contributed by atoms with Gasteiger partial charge in [-0.1, -0.05) is 29.8 Å². The highest BCUT2D eigenvalue weighted by Crippen LogP contribution is 2.21. The quantitative estimate of drug-likeness (QED) is 0.905. The Morgan fingerprint density at radius 2 is 2.11 bits per heavy atom. The molecule has 0 bridgehead atoms. The van der Waals surface area contributed by atoms with Crippen LogP contribution < -0.4 is 5.32 Å². The molecule has 0 spiro atoms. The number of hydrogen-bond acceptors (Lipinski definition) is 2. The second-order valence-corrected chi connectivity index (χ2v) is 4.60. The fourth-order valence-electron chi connectivity index (χ4n) is 1.79. The number of hydrogen-bond donors (Lipinski definition) is 1. The average molecular weight is 265 g/mol. The van der Waals surface area contributed by atoms with Gasteiger partial charge in [0.05, 0.1) is 16.9 Å². The molecule has 2 nitrogen and oxygen atoms in total. The van der Waals surface area contributed by atoms with Crippen molar-refractivity contribution in [2.45, 2.75) is 19.4 Å². The van der Waals surface area contributed by atoms with Crippen LogP contribution in [0, 0.1) is 5.82 Å². The Bertz CT molecular complexity index is 483. The van der Waals surface area contributed by atoms with Gasteiger partial charge in [-0.15, -0.1) is 0 Å². The smallest absolute Gasteiger partial charge is 0.126 e. The fourth-order valence-corrected chi connectivity index (χ4v) is 1.95. The number of aromatic nitrogens is 1. The molecule has 94 valence electrons. The molecule has 1 aromatic carbocycles. The van der Waals surface area contributed by atoms with E-state index >= 15 is 0 Å². The van der Waals surface area contributed by atoms with Crippen LogP contribution in [0.5, 0.6) is 0 Å². The van der Waals surface area contributed by atoms with E-state index in [1.54, 1.807) is 30.6 Å². The molecule has 0 radical (unpaired) electrons. The first-order valence-corrected chi connectivity index (χ1v) is 6.14. The molecule has 0 saturated heterocycles. The molecule has 2 aromatic rings. The Hall–Kier alpha value is -1.61. The molecule has 0 amide bonds. The predicted molar refractivity (Wildman–Crippen MR) is 72.4 cm³/mol. The number of anilines is 1. The van der Waals surface area contributed by atoms with E-state index in [1.807, 2.05) is 13.0 Å². The first kappa shape index (κ1) is 12.8. The molecule has 0 fully saturated rings. The van der Waals surface area contributed by atoms with Gasteiger partial charge in [0.15, 0.2) is 0 Å². The lowest BCUT2D eigenvalue weighted by Crippen LogP contribution is -2.19. The van der Waals surface area contributed by atoms with Crippen molar-refractivity contribution in [2.75, 3.05) is 5.32 Å². The van der Waals surface area contributed by atoms with E-state index in [1.165, 1.54) is 6.07 Å². The predicted octanol–water partition coefficient (Wildman–Crippen LogP) is 3.92. The molecule has 18 heavy (non-hydrogen) atoms. The van der Waals surface area contributed by atoms with Crippen LogP contribution in [0.4, 0.5) is 10.1 Å². The highest BCUT2D eigenvalue weighted by molar-refractivity contribution is 6.33. The standard InChI is InChI=1S/C14H14ClFN2/c1-10(8-11-4-2-3-5-13(11)16)18-14-9-17-7-6-12(14)15/h2-7,9-10,18H,8H2,1H3. The zero-order chi connectivity index (χ0) is 13.0. The van der Waals surface area contributed by atoms with Crippen LogP contribution in [-0.4, -0.2) is 11.0 Å². The molecule has 4 heteroatoms. The van der Waals surface area contributed by atoms with Crippen LogP contribution in [0.2, 0.25) is 5.02 Å². The molecule has 1 atom stereocenters. The highest BCUT2D eigenvalue weighted by Gasteiger charge is 2.08. The van der Waals surface area contributed by atoms with Gasteiger partial charge in [0.2, 0.25) is 0 Å². The van der Waals surface area contributed by atoms with Crippen LogP contribution in [0.1, 0.15) is 12.5 Å². The molecule has 1 N–H and O–H groups in total. The summed E-state index contributed by atoms with van der Waals surface area (Å²) in [6.45, 7) is 1.98. The lowest BCUT2D eigenvalue weighted by atomic mass is 10.1. The molecule has 1 heterocycles. The minimum Gasteiger partial charge on any atom is -0.380 e. The van der Waals surface area contributed by atoms with E-state index in [4.69, 9.17) is 11.6 Å². The second-order valence-electron chi connectivity index (χ2n) is 4.20. The van der Waals surface area contributed by atoms with Crippen molar-refractivity contribution in [3.05, 3.63) is 59.1 Å². The van der Waals surface area contributed by atoms with Crippen molar-refractivity contribution in [1.29, 1.82) is 0 Å². The van der Waals surface area contributed by atoms with Gasteiger partial charge < -0.3 is 5.32 Å². The first-order valence-electron chi connectivity index (χ1n) is 5.76. The molecule has 1 aromatic heterocycles. The molecular formula is C14H14ClFN2. The topological polar surface area (TPSA) is 24.9 Å². The average Bonchev–Trinajstić information content (AvgIpc) is 2.35. The zero-order valence-corrected chi connectivity index (χ0v) is 10.8. The fraction of sp³-hybridized carbons (Fsp3) is 0.214. The summed E-state index contributed by atoms with van der Waals surface area (Å²) >= 11 is 6.03. The van der Waals surface area contributed by atoms with Gasteiger partial charge in [0.1, 0.15) is 5.82 Å². The van der Waals surface area contributed by atoms with Crippen molar-refractivity contribution in [1.82, 2.24) is 4.98 Å². The Labute approximate surface area is 111 Å². The molecular weight excluding hydrogens is 251 g/mol. The van der Waals surface area contributed by atoms with E-state index in [0.29, 0.717) is 17.0 Å². The van der Waals surface area contributed by atoms with Gasteiger partial charge in [0, 0.05) is 12.2 Å². The number of rotatable bonds is 4. The largest absolute Gasteiger partial charge is 0.380 e. The monoisotopic (exact) mass is 264 g/mol. The van der Waals surface area contributed by atoms with E-state index in [9.17, 15) is 4.39 Å². The molecule has 1 unspecified atom stereocenters. The van der Waals surface area contributed by atoms with Gasteiger partial charge in [-0.25, -0.2) is 4.39 Å². The maximum absolute atomic E-state index is 13.5. The van der Waals surface area contributed by atoms with Crippen LogP contribution in [0.15, 0.2) is 42.7 Å². The summed E-state index contributed by atoms with van der Waals surface area (Å²) in [5, 5.41) is 3.84. The minimum absolute atomic E-state index is 0.0728. The third kappa shape index (κ3) is 3.20. The lowest BCUT2D eigenvalue weighted by Gasteiger charge is -2.16. The van der Waals surface area contributed by atoms with E-state index < -0.39 is 0 Å². The van der Waals surface area contributed by atoms with Crippen LogP contribution in [0.25, 0.3) is 0 Å². The Morgan fingerprint density at radius 3 is 2.83 bits per heavy atom. The summed E-state index contributed by atoms with van der Waals surface area (Å²) in [5.74, 6) is -0.177. The first-order chi connectivity index (χ1) is 8.66. The number of pyridine rings is 1. The maximum Gasteiger partial charge on any atom is 0.126 e. The number of benzene rings is 1. The van der Waals surface area contributed by atoms with E-state index in [-0.39, 0.29) is 11.9 Å². The van der Waals surface area contributed by atoms with Crippen LogP contribution >= 0.6 is 11.6 Å². The molecule has 0 saturated carbocycles. The Morgan fingerprint density at radius 1 is 1.33 bits per heavy atom. The van der Waals surface area contributed by atoms with Gasteiger partial charge in [-0.05, 0) is 31.0 Å². The summed E-state index contributed by atoms with van der Waals surface area (Å²) in [4.78, 5) is 4.00. The maximum atomic E-state index is 13.5. The van der Waals surface area contributed by atoms with E-state index in [2.05, 4.69) is 10.3 Å². The van der Waals surface area contributed by atoms with Crippen molar-refractivity contribution >= 4 is 17.3 Å². The highest BCUT2D eigenvalue weighted by atomic mass is 35.5. The van der Waals surface area contributed by atoms with Gasteiger partial charge >= 0.3 is 0 Å². The van der Waals surface area contributed by atoms with Crippen molar-refractivity contribution in [2.24, 2.45) is 0 Å². The Balaban J connectivity index is 2.04. The third-order valence-electron chi connectivity index (χ3n) is 2.65. The molecule has 0 aliphatic rings. The molecule has 2 rings (SSSR count). The van der Waals surface area contributed by atoms with E-state index in [0.717, 1.165) is 5.69 Å². The van der Waals surface area contributed by atoms with Crippen molar-refractivity contribution in [3.8, 4) is 0 Å². The van der Waals surface area contributed by atoms with Crippen molar-refractivity contribution in [3.63, 3.8) is 0 Å². The summed E-state index contributed by atoms with van der Waals surface area (Å²) in [6, 6.07) is 8.58. The lowest BCUT2D eigenvalue weighted by molar-refractivity contribution is 0.601. The summed E-state index contributed by atoms with van der Waals surface area (Å²) in [6.07, 6.45) is 3.90. The van der Waals surface area contributed by atoms with Crippen molar-refractivity contribution < 1.29 is 4.39 Å². The third-order valence-corrected chi connectivity index (χ3v) is 2.98. The second kappa shape index (κ2) is 5.83. The summed E-state index contributed by atoms with van der Waals surface area (Å²) < 4.78 is 13.5. The van der Waals surface area contributed by atoms with Gasteiger partial charge in [-0.2, -0.15) is 0 Å².